The van der Waals surface area contributed by atoms with E-state index in [1.807, 2.05) is 41.9 Å². The number of rotatable bonds is 5. The monoisotopic (exact) mass is 479 g/mol. The number of hydrogen-bond donors (Lipinski definition) is 3. The maximum atomic E-state index is 12.7. The highest BCUT2D eigenvalue weighted by Gasteiger charge is 2.34. The van der Waals surface area contributed by atoms with Crippen molar-refractivity contribution in [3.8, 4) is 23.1 Å². The first-order valence-electron chi connectivity index (χ1n) is 11.6. The van der Waals surface area contributed by atoms with Gasteiger partial charge < -0.3 is 16.4 Å². The van der Waals surface area contributed by atoms with Crippen molar-refractivity contribution < 1.29 is 9.59 Å². The van der Waals surface area contributed by atoms with Crippen molar-refractivity contribution in [2.75, 3.05) is 11.1 Å². The van der Waals surface area contributed by atoms with E-state index in [9.17, 15) is 9.59 Å². The van der Waals surface area contributed by atoms with E-state index in [1.165, 1.54) is 0 Å². The molecule has 36 heavy (non-hydrogen) atoms. The SMILES string of the molecule is CC#CC(=O)NC1CC(n2nc(-c3ccc(C(=O)Nc4cc(C)ccn4)cc3)c3c(N)nccc32)C1. The smallest absolute Gasteiger partial charge is 0.296 e. The van der Waals surface area contributed by atoms with Crippen molar-refractivity contribution in [2.24, 2.45) is 0 Å². The van der Waals surface area contributed by atoms with Crippen LogP contribution in [0.5, 0.6) is 0 Å². The van der Waals surface area contributed by atoms with Gasteiger partial charge in [-0.05, 0) is 68.5 Å². The molecule has 4 aromatic rings. The Balaban J connectivity index is 1.39. The van der Waals surface area contributed by atoms with Gasteiger partial charge in [0.1, 0.15) is 17.3 Å². The third-order valence-corrected chi connectivity index (χ3v) is 6.26. The van der Waals surface area contributed by atoms with Crippen LogP contribution in [0.25, 0.3) is 22.2 Å². The predicted molar refractivity (Wildman–Crippen MR) is 138 cm³/mol. The van der Waals surface area contributed by atoms with Gasteiger partial charge in [0.15, 0.2) is 0 Å². The standard InChI is InChI=1S/C27H25N7O2/c1-3-4-23(35)31-19-14-20(15-19)34-21-10-12-30-26(28)24(21)25(33-34)17-5-7-18(8-6-17)27(36)32-22-13-16(2)9-11-29-22/h5-13,19-20H,14-15H2,1-2H3,(H2,28,30)(H,31,35)(H,29,32,36). The highest BCUT2D eigenvalue weighted by Crippen LogP contribution is 2.38. The molecule has 5 rings (SSSR count). The molecular formula is C27H25N7O2. The Labute approximate surface area is 208 Å². The molecule has 0 saturated heterocycles. The molecule has 4 N–H and O–H groups in total. The summed E-state index contributed by atoms with van der Waals surface area (Å²) in [6.45, 7) is 3.58. The zero-order valence-electron chi connectivity index (χ0n) is 19.9. The number of aryl methyl sites for hydroxylation is 1. The fraction of sp³-hybridized carbons (Fsp3) is 0.222. The Morgan fingerprint density at radius 2 is 1.83 bits per heavy atom. The molecule has 0 unspecified atom stereocenters. The molecule has 1 aliphatic rings. The maximum absolute atomic E-state index is 12.7. The van der Waals surface area contributed by atoms with Crippen LogP contribution in [0.1, 0.15) is 41.7 Å². The van der Waals surface area contributed by atoms with Gasteiger partial charge in [0.2, 0.25) is 0 Å². The second-order valence-corrected chi connectivity index (χ2v) is 8.80. The second-order valence-electron chi connectivity index (χ2n) is 8.80. The number of carbonyl (C=O) groups is 2. The minimum Gasteiger partial charge on any atom is -0.383 e. The molecule has 0 aliphatic heterocycles. The van der Waals surface area contributed by atoms with Crippen LogP contribution in [-0.2, 0) is 4.79 Å². The number of aromatic nitrogens is 4. The summed E-state index contributed by atoms with van der Waals surface area (Å²) in [4.78, 5) is 32.9. The van der Waals surface area contributed by atoms with Crippen LogP contribution < -0.4 is 16.4 Å². The lowest BCUT2D eigenvalue weighted by Crippen LogP contribution is -2.44. The van der Waals surface area contributed by atoms with Crippen molar-refractivity contribution in [3.63, 3.8) is 0 Å². The summed E-state index contributed by atoms with van der Waals surface area (Å²) in [6, 6.07) is 13.0. The van der Waals surface area contributed by atoms with E-state index in [0.717, 1.165) is 34.9 Å². The summed E-state index contributed by atoms with van der Waals surface area (Å²) in [5.74, 6) is 5.51. The fourth-order valence-corrected chi connectivity index (χ4v) is 4.41. The van der Waals surface area contributed by atoms with E-state index in [-0.39, 0.29) is 23.9 Å². The first-order valence-corrected chi connectivity index (χ1v) is 11.6. The average molecular weight is 480 g/mol. The number of hydrogen-bond acceptors (Lipinski definition) is 6. The van der Waals surface area contributed by atoms with Crippen LogP contribution in [0, 0.1) is 18.8 Å². The molecule has 1 aromatic carbocycles. The zero-order valence-corrected chi connectivity index (χ0v) is 19.9. The summed E-state index contributed by atoms with van der Waals surface area (Å²) in [5, 5.41) is 11.4. The van der Waals surface area contributed by atoms with Gasteiger partial charge in [-0.2, -0.15) is 5.10 Å². The summed E-state index contributed by atoms with van der Waals surface area (Å²) in [6.07, 6.45) is 4.83. The van der Waals surface area contributed by atoms with Crippen LogP contribution in [0.3, 0.4) is 0 Å². The van der Waals surface area contributed by atoms with Crippen LogP contribution in [-0.4, -0.2) is 37.6 Å². The number of nitrogen functional groups attached to an aromatic ring is 1. The predicted octanol–water partition coefficient (Wildman–Crippen LogP) is 3.48. The highest BCUT2D eigenvalue weighted by molar-refractivity contribution is 6.05. The van der Waals surface area contributed by atoms with E-state index >= 15 is 0 Å². The van der Waals surface area contributed by atoms with E-state index in [2.05, 4.69) is 32.4 Å². The molecule has 9 heteroatoms. The number of nitrogens with one attached hydrogen (secondary N) is 2. The number of carbonyl (C=O) groups excluding carboxylic acids is 2. The third-order valence-electron chi connectivity index (χ3n) is 6.26. The number of amides is 2. The van der Waals surface area contributed by atoms with Gasteiger partial charge in [0, 0.05) is 29.6 Å². The molecular weight excluding hydrogens is 454 g/mol. The van der Waals surface area contributed by atoms with Gasteiger partial charge in [-0.3, -0.25) is 14.3 Å². The minimum absolute atomic E-state index is 0.0610. The van der Waals surface area contributed by atoms with Crippen LogP contribution in [0.2, 0.25) is 0 Å². The number of anilines is 2. The van der Waals surface area contributed by atoms with Gasteiger partial charge in [-0.15, -0.1) is 0 Å². The van der Waals surface area contributed by atoms with Gasteiger partial charge in [-0.25, -0.2) is 9.97 Å². The molecule has 3 aromatic heterocycles. The molecule has 0 spiro atoms. The molecule has 1 saturated carbocycles. The molecule has 9 nitrogen and oxygen atoms in total. The molecule has 2 amide bonds. The van der Waals surface area contributed by atoms with Gasteiger partial charge >= 0.3 is 0 Å². The molecule has 0 atom stereocenters. The lowest BCUT2D eigenvalue weighted by atomic mass is 9.86. The second kappa shape index (κ2) is 9.50. The van der Waals surface area contributed by atoms with Crippen molar-refractivity contribution in [1.29, 1.82) is 0 Å². The fourth-order valence-electron chi connectivity index (χ4n) is 4.41. The maximum Gasteiger partial charge on any atom is 0.296 e. The first-order chi connectivity index (χ1) is 17.4. The molecule has 1 aliphatic carbocycles. The van der Waals surface area contributed by atoms with Crippen LogP contribution in [0.15, 0.2) is 54.9 Å². The zero-order chi connectivity index (χ0) is 25.2. The van der Waals surface area contributed by atoms with Crippen LogP contribution >= 0.6 is 0 Å². The Bertz CT molecular complexity index is 1520. The average Bonchev–Trinajstić information content (AvgIpc) is 3.22. The van der Waals surface area contributed by atoms with Crippen LogP contribution in [0.4, 0.5) is 11.6 Å². The van der Waals surface area contributed by atoms with E-state index < -0.39 is 0 Å². The largest absolute Gasteiger partial charge is 0.383 e. The molecule has 0 radical (unpaired) electrons. The van der Waals surface area contributed by atoms with E-state index in [1.54, 1.807) is 31.5 Å². The summed E-state index contributed by atoms with van der Waals surface area (Å²) in [7, 11) is 0. The number of fused-ring (bicyclic) bond motifs is 1. The van der Waals surface area contributed by atoms with Gasteiger partial charge in [0.25, 0.3) is 11.8 Å². The van der Waals surface area contributed by atoms with Gasteiger partial charge in [0.05, 0.1) is 16.9 Å². The lowest BCUT2D eigenvalue weighted by molar-refractivity contribution is -0.117. The van der Waals surface area contributed by atoms with E-state index in [0.29, 0.717) is 22.9 Å². The highest BCUT2D eigenvalue weighted by atomic mass is 16.2. The van der Waals surface area contributed by atoms with Crippen molar-refractivity contribution in [2.45, 2.75) is 38.8 Å². The van der Waals surface area contributed by atoms with Crippen molar-refractivity contribution in [3.05, 3.63) is 66.0 Å². The summed E-state index contributed by atoms with van der Waals surface area (Å²) in [5.41, 5.74) is 10.2. The number of nitrogens with zero attached hydrogens (tertiary/aromatic N) is 4. The molecule has 0 bridgehead atoms. The van der Waals surface area contributed by atoms with Crippen molar-refractivity contribution >= 4 is 34.4 Å². The number of pyridine rings is 2. The molecule has 180 valence electrons. The molecule has 1 fully saturated rings. The Hall–Kier alpha value is -4.71. The third kappa shape index (κ3) is 4.49. The van der Waals surface area contributed by atoms with E-state index in [4.69, 9.17) is 10.8 Å². The number of nitrogens with two attached hydrogens (primary N) is 1. The first kappa shape index (κ1) is 23.1. The topological polar surface area (TPSA) is 128 Å². The quantitative estimate of drug-likeness (QED) is 0.376. The summed E-state index contributed by atoms with van der Waals surface area (Å²) < 4.78 is 1.96. The normalized spacial score (nSPS) is 16.5. The molecule has 3 heterocycles. The van der Waals surface area contributed by atoms with Crippen molar-refractivity contribution in [1.82, 2.24) is 25.1 Å². The Morgan fingerprint density at radius 1 is 1.08 bits per heavy atom. The number of benzene rings is 1. The minimum atomic E-state index is -0.261. The summed E-state index contributed by atoms with van der Waals surface area (Å²) >= 11 is 0. The van der Waals surface area contributed by atoms with Gasteiger partial charge in [-0.1, -0.05) is 18.1 Å². The Morgan fingerprint density at radius 3 is 2.56 bits per heavy atom. The Kier molecular flexibility index (Phi) is 6.09. The lowest BCUT2D eigenvalue weighted by Gasteiger charge is -2.35.